The largest absolute Gasteiger partial charge is 0.293 e. The summed E-state index contributed by atoms with van der Waals surface area (Å²) in [5.41, 5.74) is 1.65. The van der Waals surface area contributed by atoms with Crippen molar-refractivity contribution in [2.24, 2.45) is 0 Å². The molecule has 2 heterocycles. The highest BCUT2D eigenvalue weighted by atomic mass is 32.2. The van der Waals surface area contributed by atoms with Crippen molar-refractivity contribution < 1.29 is 13.0 Å². The van der Waals surface area contributed by atoms with Crippen molar-refractivity contribution in [2.45, 2.75) is 32.1 Å². The average molecular weight is 484 g/mol. The third kappa shape index (κ3) is 4.82. The predicted molar refractivity (Wildman–Crippen MR) is 133 cm³/mol. The van der Waals surface area contributed by atoms with Crippen molar-refractivity contribution in [3.8, 4) is 21.7 Å². The zero-order chi connectivity index (χ0) is 23.6. The van der Waals surface area contributed by atoms with Crippen molar-refractivity contribution in [3.05, 3.63) is 83.5 Å². The maximum absolute atomic E-state index is 13.9. The molecule has 0 aliphatic carbocycles. The molecule has 0 saturated heterocycles. The van der Waals surface area contributed by atoms with Crippen molar-refractivity contribution >= 4 is 31.7 Å². The summed E-state index contributed by atoms with van der Waals surface area (Å²) in [6.45, 7) is 5.62. The van der Waals surface area contributed by atoms with E-state index in [0.717, 1.165) is 26.4 Å². The predicted octanol–water partition coefficient (Wildman–Crippen LogP) is 6.60. The van der Waals surface area contributed by atoms with Crippen LogP contribution < -0.4 is 4.72 Å². The first-order valence-electron chi connectivity index (χ1n) is 10.4. The molecule has 2 aromatic heterocycles. The van der Waals surface area contributed by atoms with Crippen LogP contribution in [0.3, 0.4) is 0 Å². The lowest BCUT2D eigenvalue weighted by molar-refractivity contribution is 0.584. The third-order valence-electron chi connectivity index (χ3n) is 5.03. The fraction of sp³-hybridized carbons (Fsp3) is 0.160. The summed E-state index contributed by atoms with van der Waals surface area (Å²) < 4.78 is 44.8. The van der Waals surface area contributed by atoms with Gasteiger partial charge in [-0.25, -0.2) is 23.0 Å². The van der Waals surface area contributed by atoms with Gasteiger partial charge in [0.05, 0.1) is 25.3 Å². The van der Waals surface area contributed by atoms with E-state index in [1.54, 1.807) is 12.3 Å². The van der Waals surface area contributed by atoms with Crippen LogP contribution in [0.15, 0.2) is 71.8 Å². The van der Waals surface area contributed by atoms with Gasteiger partial charge in [0.15, 0.2) is 0 Å². The van der Waals surface area contributed by atoms with Crippen molar-refractivity contribution in [1.29, 1.82) is 0 Å². The Bertz CT molecular complexity index is 1400. The number of benzene rings is 2. The minimum absolute atomic E-state index is 0.371. The zero-order valence-electron chi connectivity index (χ0n) is 18.4. The number of halogens is 2. The Morgan fingerprint density at radius 1 is 1.00 bits per heavy atom. The van der Waals surface area contributed by atoms with Crippen LogP contribution >= 0.6 is 11.3 Å². The van der Waals surface area contributed by atoms with Gasteiger partial charge in [0.1, 0.15) is 17.5 Å². The van der Waals surface area contributed by atoms with E-state index in [1.807, 2.05) is 57.2 Å². The van der Waals surface area contributed by atoms with Crippen LogP contribution in [0.25, 0.3) is 21.7 Å². The van der Waals surface area contributed by atoms with E-state index in [4.69, 9.17) is 0 Å². The quantitative estimate of drug-likeness (QED) is 0.315. The maximum Gasteiger partial charge on any atom is 0.138 e. The Morgan fingerprint density at radius 2 is 1.70 bits per heavy atom. The van der Waals surface area contributed by atoms with E-state index >= 15 is 0 Å². The molecule has 1 N–H and O–H groups in total. The Labute approximate surface area is 196 Å². The van der Waals surface area contributed by atoms with Crippen LogP contribution in [0.2, 0.25) is 0 Å². The van der Waals surface area contributed by atoms with Gasteiger partial charge >= 0.3 is 0 Å². The van der Waals surface area contributed by atoms with E-state index in [1.165, 1.54) is 23.5 Å². The second-order valence-electron chi connectivity index (χ2n) is 7.61. The van der Waals surface area contributed by atoms with Crippen molar-refractivity contribution in [2.75, 3.05) is 4.72 Å². The van der Waals surface area contributed by atoms with Gasteiger partial charge in [-0.3, -0.25) is 4.72 Å². The van der Waals surface area contributed by atoms with Gasteiger partial charge in [0.25, 0.3) is 0 Å². The van der Waals surface area contributed by atoms with E-state index in [9.17, 15) is 13.0 Å². The Hall–Kier alpha value is -3.10. The molecule has 4 aromatic rings. The summed E-state index contributed by atoms with van der Waals surface area (Å²) in [5.74, 6) is -0.878. The first kappa shape index (κ1) is 23.1. The fourth-order valence-electron chi connectivity index (χ4n) is 3.38. The highest BCUT2D eigenvalue weighted by Gasteiger charge is 2.18. The van der Waals surface area contributed by atoms with Crippen LogP contribution in [0.4, 0.5) is 14.6 Å². The van der Waals surface area contributed by atoms with Crippen LogP contribution in [-0.2, 0) is 16.1 Å². The minimum Gasteiger partial charge on any atom is -0.293 e. The van der Waals surface area contributed by atoms with E-state index < -0.39 is 21.3 Å². The highest BCUT2D eigenvalue weighted by Crippen LogP contribution is 2.38. The van der Waals surface area contributed by atoms with Gasteiger partial charge < -0.3 is 0 Å². The van der Waals surface area contributed by atoms with E-state index in [2.05, 4.69) is 14.7 Å². The van der Waals surface area contributed by atoms with Gasteiger partial charge in [-0.1, -0.05) is 25.1 Å². The molecule has 0 fully saturated rings. The second kappa shape index (κ2) is 9.41. The lowest BCUT2D eigenvalue weighted by Crippen LogP contribution is -2.20. The molecule has 0 spiro atoms. The molecular formula is C25H23F2N3OS2. The molecule has 4 rings (SSSR count). The number of nitrogens with one attached hydrogen (secondary N) is 1. The number of hydrogen-bond acceptors (Lipinski definition) is 4. The third-order valence-corrected chi connectivity index (χ3v) is 8.86. The molecule has 1 unspecified atom stereocenters. The fourth-order valence-corrected chi connectivity index (χ4v) is 6.14. The topological polar surface area (TPSA) is 54.9 Å². The number of aromatic nitrogens is 2. The Morgan fingerprint density at radius 3 is 2.33 bits per heavy atom. The number of aryl methyl sites for hydroxylation is 1. The summed E-state index contributed by atoms with van der Waals surface area (Å²) >= 11 is 1.46. The van der Waals surface area contributed by atoms with E-state index in [0.29, 0.717) is 28.4 Å². The van der Waals surface area contributed by atoms with Gasteiger partial charge in [0.2, 0.25) is 0 Å². The summed E-state index contributed by atoms with van der Waals surface area (Å²) in [7, 11) is -2.72. The summed E-state index contributed by atoms with van der Waals surface area (Å²) in [5, 5.41) is 0.849. The van der Waals surface area contributed by atoms with Crippen LogP contribution in [0, 0.1) is 11.6 Å². The first-order valence-corrected chi connectivity index (χ1v) is 12.8. The van der Waals surface area contributed by atoms with Crippen molar-refractivity contribution in [1.82, 2.24) is 9.97 Å². The molecule has 0 saturated carbocycles. The molecule has 0 aliphatic rings. The van der Waals surface area contributed by atoms with Gasteiger partial charge in [-0.05, 0) is 67.1 Å². The normalized spacial score (nSPS) is 12.9. The first-order chi connectivity index (χ1) is 15.8. The number of hydrogen-bond donors (Lipinski definition) is 1. The lowest BCUT2D eigenvalue weighted by atomic mass is 10.1. The molecule has 0 bridgehead atoms. The average Bonchev–Trinajstić information content (AvgIpc) is 3.24. The number of rotatable bonds is 6. The number of thiazole rings is 1. The summed E-state index contributed by atoms with van der Waals surface area (Å²) in [6.07, 6.45) is 2.31. The molecule has 0 amide bonds. The molecule has 4 nitrogen and oxygen atoms in total. The van der Waals surface area contributed by atoms with Gasteiger partial charge in [-0.2, -0.15) is 0 Å². The Balaban J connectivity index is 1.80. The number of nitrogens with zero attached hydrogens (tertiary/aromatic N) is 2. The maximum atomic E-state index is 13.9. The molecule has 0 radical (unpaired) electrons. The van der Waals surface area contributed by atoms with Crippen molar-refractivity contribution in [3.63, 3.8) is 0 Å². The molecule has 0 aliphatic heterocycles. The van der Waals surface area contributed by atoms with Crippen LogP contribution in [0.5, 0.6) is 0 Å². The smallest absolute Gasteiger partial charge is 0.138 e. The standard InChI is InChI=1S/C25H23F2N3OS2/c1-4-23-29-24(18-12-19(26)15-20(27)13-18)25(32-23)17-10-11-28-22(14-17)30-33(31,16(2)3)21-8-6-5-7-9-21/h5-15H,4H2,1-3H3,(H,28,30,31). The molecule has 1 atom stereocenters. The second-order valence-corrected chi connectivity index (χ2v) is 11.3. The summed E-state index contributed by atoms with van der Waals surface area (Å²) in [6, 6.07) is 16.2. The molecule has 170 valence electrons. The lowest BCUT2D eigenvalue weighted by Gasteiger charge is -2.16. The minimum atomic E-state index is -2.72. The highest BCUT2D eigenvalue weighted by molar-refractivity contribution is 8.03. The van der Waals surface area contributed by atoms with E-state index in [-0.39, 0.29) is 0 Å². The Kier molecular flexibility index (Phi) is 6.58. The zero-order valence-corrected chi connectivity index (χ0v) is 20.1. The van der Waals surface area contributed by atoms with Gasteiger partial charge in [-0.15, -0.1) is 11.3 Å². The van der Waals surface area contributed by atoms with Gasteiger partial charge in [0, 0.05) is 22.7 Å². The van der Waals surface area contributed by atoms with Crippen LogP contribution in [0.1, 0.15) is 25.8 Å². The molecule has 8 heteroatoms. The number of anilines is 1. The SMILES string of the molecule is CCc1nc(-c2cc(F)cc(F)c2)c(-c2ccnc(NS(=O)(=C(C)C)c3ccccc3)c2)s1. The monoisotopic (exact) mass is 483 g/mol. The van der Waals surface area contributed by atoms with Crippen LogP contribution in [-0.4, -0.2) is 19.0 Å². The molecular weight excluding hydrogens is 460 g/mol. The summed E-state index contributed by atoms with van der Waals surface area (Å²) in [4.78, 5) is 11.2. The molecule has 2 aromatic carbocycles. The number of pyridine rings is 1. The molecule has 33 heavy (non-hydrogen) atoms.